The molecule has 7 nitrogen and oxygen atoms in total. The Hall–Kier alpha value is -4.00. The van der Waals surface area contributed by atoms with E-state index < -0.39 is 5.97 Å². The highest BCUT2D eigenvalue weighted by Gasteiger charge is 2.15. The number of amides is 1. The van der Waals surface area contributed by atoms with Gasteiger partial charge in [0, 0.05) is 32.4 Å². The third kappa shape index (κ3) is 4.16. The Labute approximate surface area is 179 Å². The van der Waals surface area contributed by atoms with E-state index >= 15 is 0 Å². The average molecular weight is 414 g/mol. The molecule has 0 aliphatic rings. The Morgan fingerprint density at radius 3 is 2.32 bits per heavy atom. The molecule has 4 rings (SSSR count). The Kier molecular flexibility index (Phi) is 5.25. The van der Waals surface area contributed by atoms with Crippen molar-refractivity contribution >= 4 is 45.3 Å². The fourth-order valence-electron chi connectivity index (χ4n) is 3.32. The van der Waals surface area contributed by atoms with E-state index in [0.717, 1.165) is 27.8 Å². The Balaban J connectivity index is 1.72. The van der Waals surface area contributed by atoms with Gasteiger partial charge in [0.25, 0.3) is 5.91 Å². The van der Waals surface area contributed by atoms with E-state index in [1.807, 2.05) is 56.3 Å². The zero-order valence-electron chi connectivity index (χ0n) is 17.8. The lowest BCUT2D eigenvalue weighted by molar-refractivity contribution is -0.131. The number of anilines is 2. The van der Waals surface area contributed by atoms with Crippen LogP contribution in [0.3, 0.4) is 0 Å². The molecule has 0 bridgehead atoms. The molecule has 7 heteroatoms. The highest BCUT2D eigenvalue weighted by Crippen LogP contribution is 2.27. The molecule has 1 N–H and O–H groups in total. The zero-order chi connectivity index (χ0) is 22.1. The van der Waals surface area contributed by atoms with E-state index in [1.54, 1.807) is 24.3 Å². The molecular formula is C24H22N4O3. The fourth-order valence-corrected chi connectivity index (χ4v) is 3.32. The van der Waals surface area contributed by atoms with Crippen LogP contribution in [-0.4, -0.2) is 35.9 Å². The molecule has 0 aliphatic carbocycles. The van der Waals surface area contributed by atoms with Crippen LogP contribution in [0.1, 0.15) is 22.8 Å². The molecule has 4 aromatic rings. The summed E-state index contributed by atoms with van der Waals surface area (Å²) in [6.45, 7) is 3.20. The quantitative estimate of drug-likeness (QED) is 0.304. The maximum Gasteiger partial charge on any atom is 0.308 e. The number of esters is 1. The Morgan fingerprint density at radius 2 is 1.58 bits per heavy atom. The Morgan fingerprint density at radius 1 is 0.903 bits per heavy atom. The molecule has 1 heterocycles. The normalized spacial score (nSPS) is 10.8. The third-order valence-corrected chi connectivity index (χ3v) is 4.91. The number of fused-ring (bicyclic) bond motifs is 2. The topological polar surface area (TPSA) is 84.4 Å². The number of aromatic nitrogens is 2. The van der Waals surface area contributed by atoms with Crippen LogP contribution >= 0.6 is 0 Å². The first-order chi connectivity index (χ1) is 14.8. The van der Waals surface area contributed by atoms with Crippen LogP contribution in [0, 0.1) is 6.92 Å². The molecule has 1 amide bonds. The molecule has 0 saturated carbocycles. The lowest BCUT2D eigenvalue weighted by atomic mass is 10.1. The van der Waals surface area contributed by atoms with Crippen LogP contribution in [0.15, 0.2) is 54.6 Å². The van der Waals surface area contributed by atoms with Crippen molar-refractivity contribution in [3.63, 3.8) is 0 Å². The zero-order valence-corrected chi connectivity index (χ0v) is 17.8. The minimum atomic E-state index is -0.485. The van der Waals surface area contributed by atoms with Gasteiger partial charge < -0.3 is 15.0 Å². The van der Waals surface area contributed by atoms with Crippen molar-refractivity contribution in [1.29, 1.82) is 0 Å². The highest BCUT2D eigenvalue weighted by atomic mass is 16.5. The molecule has 0 radical (unpaired) electrons. The molecule has 1 aromatic heterocycles. The van der Waals surface area contributed by atoms with Gasteiger partial charge in [-0.25, -0.2) is 9.97 Å². The first-order valence-electron chi connectivity index (χ1n) is 9.80. The van der Waals surface area contributed by atoms with Crippen molar-refractivity contribution in [2.45, 2.75) is 13.8 Å². The molecule has 0 atom stereocenters. The smallest absolute Gasteiger partial charge is 0.308 e. The molecule has 0 saturated heterocycles. The first-order valence-corrected chi connectivity index (χ1v) is 9.80. The number of aryl methyl sites for hydroxylation is 1. The van der Waals surface area contributed by atoms with Crippen molar-refractivity contribution in [3.8, 4) is 5.75 Å². The number of nitrogens with one attached hydrogen (secondary N) is 1. The maximum atomic E-state index is 12.9. The van der Waals surface area contributed by atoms with Gasteiger partial charge >= 0.3 is 5.97 Å². The van der Waals surface area contributed by atoms with Crippen LogP contribution in [-0.2, 0) is 4.79 Å². The first kappa shape index (κ1) is 20.3. The van der Waals surface area contributed by atoms with Crippen molar-refractivity contribution in [2.75, 3.05) is 24.3 Å². The molecule has 31 heavy (non-hydrogen) atoms. The summed E-state index contributed by atoms with van der Waals surface area (Å²) in [6.07, 6.45) is 0. The van der Waals surface area contributed by atoms with Crippen molar-refractivity contribution in [3.05, 3.63) is 65.7 Å². The SMILES string of the molecule is CC(=O)Oc1ccccc1C(=O)Nc1cc2nc3cc(N(C)C)ccc3nc2cc1C. The van der Waals surface area contributed by atoms with E-state index in [1.165, 1.54) is 6.92 Å². The lowest BCUT2D eigenvalue weighted by Crippen LogP contribution is -2.15. The van der Waals surface area contributed by atoms with Gasteiger partial charge in [0.05, 0.1) is 27.6 Å². The van der Waals surface area contributed by atoms with Gasteiger partial charge in [-0.1, -0.05) is 12.1 Å². The van der Waals surface area contributed by atoms with Gasteiger partial charge in [-0.15, -0.1) is 0 Å². The van der Waals surface area contributed by atoms with Crippen molar-refractivity contribution in [1.82, 2.24) is 9.97 Å². The van der Waals surface area contributed by atoms with Gasteiger partial charge in [0.2, 0.25) is 0 Å². The minimum absolute atomic E-state index is 0.216. The number of carbonyl (C=O) groups is 2. The molecule has 3 aromatic carbocycles. The number of ether oxygens (including phenoxy) is 1. The van der Waals surface area contributed by atoms with Gasteiger partial charge in [-0.2, -0.15) is 0 Å². The lowest BCUT2D eigenvalue weighted by Gasteiger charge is -2.14. The summed E-state index contributed by atoms with van der Waals surface area (Å²) in [7, 11) is 3.95. The number of hydrogen-bond acceptors (Lipinski definition) is 6. The van der Waals surface area contributed by atoms with Crippen LogP contribution in [0.5, 0.6) is 5.75 Å². The standard InChI is InChI=1S/C24H22N4O3/c1-14-11-20-22(26-21-12-16(28(3)4)9-10-18(21)25-20)13-19(14)27-24(30)17-7-5-6-8-23(17)31-15(2)29/h5-13H,1-4H3,(H,27,30). The summed E-state index contributed by atoms with van der Waals surface area (Å²) in [4.78, 5) is 35.7. The second-order valence-electron chi connectivity index (χ2n) is 7.49. The van der Waals surface area contributed by atoms with Crippen molar-refractivity contribution in [2.24, 2.45) is 0 Å². The van der Waals surface area contributed by atoms with E-state index in [4.69, 9.17) is 14.7 Å². The largest absolute Gasteiger partial charge is 0.426 e. The summed E-state index contributed by atoms with van der Waals surface area (Å²) < 4.78 is 5.16. The van der Waals surface area contributed by atoms with E-state index in [2.05, 4.69) is 5.32 Å². The predicted octanol–water partition coefficient (Wildman–Crippen LogP) is 4.34. The predicted molar refractivity (Wildman–Crippen MR) is 122 cm³/mol. The third-order valence-electron chi connectivity index (χ3n) is 4.91. The summed E-state index contributed by atoms with van der Waals surface area (Å²) in [5, 5.41) is 2.90. The number of carbonyl (C=O) groups excluding carboxylic acids is 2. The fraction of sp³-hybridized carbons (Fsp3) is 0.167. The van der Waals surface area contributed by atoms with Crippen LogP contribution in [0.4, 0.5) is 11.4 Å². The second-order valence-corrected chi connectivity index (χ2v) is 7.49. The summed E-state index contributed by atoms with van der Waals surface area (Å²) in [6, 6.07) is 16.3. The summed E-state index contributed by atoms with van der Waals surface area (Å²) in [5.74, 6) is -0.641. The van der Waals surface area contributed by atoms with Gasteiger partial charge in [0.1, 0.15) is 5.75 Å². The highest BCUT2D eigenvalue weighted by molar-refractivity contribution is 6.07. The minimum Gasteiger partial charge on any atom is -0.426 e. The number of para-hydroxylation sites is 1. The van der Waals surface area contributed by atoms with Crippen molar-refractivity contribution < 1.29 is 14.3 Å². The monoisotopic (exact) mass is 414 g/mol. The van der Waals surface area contributed by atoms with Crippen LogP contribution in [0.2, 0.25) is 0 Å². The molecule has 156 valence electrons. The van der Waals surface area contributed by atoms with Gasteiger partial charge in [-0.3, -0.25) is 9.59 Å². The molecule has 0 unspecified atom stereocenters. The molecular weight excluding hydrogens is 392 g/mol. The van der Waals surface area contributed by atoms with E-state index in [0.29, 0.717) is 11.2 Å². The Bertz CT molecular complexity index is 1330. The number of rotatable bonds is 4. The summed E-state index contributed by atoms with van der Waals surface area (Å²) in [5.41, 5.74) is 5.79. The number of nitrogens with zero attached hydrogens (tertiary/aromatic N) is 3. The number of benzene rings is 3. The second kappa shape index (κ2) is 8.02. The van der Waals surface area contributed by atoms with Crippen LogP contribution < -0.4 is 15.0 Å². The van der Waals surface area contributed by atoms with E-state index in [9.17, 15) is 9.59 Å². The van der Waals surface area contributed by atoms with Gasteiger partial charge in [-0.05, 0) is 55.0 Å². The summed E-state index contributed by atoms with van der Waals surface area (Å²) >= 11 is 0. The molecule has 0 spiro atoms. The van der Waals surface area contributed by atoms with E-state index in [-0.39, 0.29) is 17.2 Å². The molecule has 0 fully saturated rings. The van der Waals surface area contributed by atoms with Gasteiger partial charge in [0.15, 0.2) is 0 Å². The molecule has 0 aliphatic heterocycles. The average Bonchev–Trinajstić information content (AvgIpc) is 2.72. The number of hydrogen-bond donors (Lipinski definition) is 1. The van der Waals surface area contributed by atoms with Crippen LogP contribution in [0.25, 0.3) is 22.1 Å². The maximum absolute atomic E-state index is 12.9.